The highest BCUT2D eigenvalue weighted by Crippen LogP contribution is 2.39. The highest BCUT2D eigenvalue weighted by molar-refractivity contribution is 7.90. The first-order valence-corrected chi connectivity index (χ1v) is 13.9. The number of aromatic nitrogens is 1. The van der Waals surface area contributed by atoms with Crippen molar-refractivity contribution >= 4 is 26.4 Å². The van der Waals surface area contributed by atoms with E-state index in [0.717, 1.165) is 52.0 Å². The Balaban J connectivity index is 1.52. The van der Waals surface area contributed by atoms with E-state index < -0.39 is 9.84 Å². The van der Waals surface area contributed by atoms with Crippen LogP contribution in [-0.2, 0) is 14.6 Å². The molecule has 0 aliphatic carbocycles. The van der Waals surface area contributed by atoms with Crippen LogP contribution in [-0.4, -0.2) is 52.1 Å². The number of fused-ring (bicyclic) bond motifs is 1. The number of morpholine rings is 1. The molecule has 4 aromatic rings. The second-order valence-corrected chi connectivity index (χ2v) is 11.4. The van der Waals surface area contributed by atoms with Gasteiger partial charge in [-0.2, -0.15) is 0 Å². The van der Waals surface area contributed by atoms with Gasteiger partial charge in [-0.15, -0.1) is 0 Å². The fourth-order valence-corrected chi connectivity index (χ4v) is 5.61. The first kappa shape index (κ1) is 24.3. The van der Waals surface area contributed by atoms with Gasteiger partial charge in [-0.3, -0.25) is 4.98 Å². The summed E-state index contributed by atoms with van der Waals surface area (Å²) in [5.41, 5.74) is 5.75. The van der Waals surface area contributed by atoms with Crippen molar-refractivity contribution in [3.63, 3.8) is 0 Å². The second-order valence-electron chi connectivity index (χ2n) is 9.41. The molecule has 0 spiro atoms. The fraction of sp³-hybridized carbons (Fsp3) is 0.276. The van der Waals surface area contributed by atoms with E-state index in [-0.39, 0.29) is 12.2 Å². The van der Waals surface area contributed by atoms with Gasteiger partial charge in [0.05, 0.1) is 29.7 Å². The van der Waals surface area contributed by atoms with Crippen molar-refractivity contribution in [2.75, 3.05) is 31.4 Å². The maximum Gasteiger partial charge on any atom is 0.175 e. The molecule has 36 heavy (non-hydrogen) atoms. The van der Waals surface area contributed by atoms with Crippen molar-refractivity contribution in [1.82, 2.24) is 4.98 Å². The molecule has 186 valence electrons. The largest absolute Gasteiger partial charge is 0.495 e. The molecule has 1 aliphatic heterocycles. The molecular formula is C29H30N2O4S. The third kappa shape index (κ3) is 4.68. The third-order valence-corrected chi connectivity index (χ3v) is 7.74. The predicted molar refractivity (Wildman–Crippen MR) is 144 cm³/mol. The molecule has 7 heteroatoms. The highest BCUT2D eigenvalue weighted by atomic mass is 32.2. The molecule has 0 N–H and O–H groups in total. The summed E-state index contributed by atoms with van der Waals surface area (Å²) in [6.45, 7) is 5.96. The van der Waals surface area contributed by atoms with E-state index in [1.54, 1.807) is 19.2 Å². The summed E-state index contributed by atoms with van der Waals surface area (Å²) in [5.74, 6) is 0.760. The molecule has 6 nitrogen and oxygen atoms in total. The van der Waals surface area contributed by atoms with Gasteiger partial charge in [0, 0.05) is 47.7 Å². The number of hydrogen-bond acceptors (Lipinski definition) is 6. The topological polar surface area (TPSA) is 68.7 Å². The van der Waals surface area contributed by atoms with Crippen molar-refractivity contribution in [2.45, 2.75) is 31.0 Å². The number of anilines is 1. The Morgan fingerprint density at radius 1 is 0.889 bits per heavy atom. The maximum absolute atomic E-state index is 11.9. The number of pyridine rings is 1. The number of sulfone groups is 1. The molecule has 0 amide bonds. The van der Waals surface area contributed by atoms with Crippen LogP contribution in [0.3, 0.4) is 0 Å². The van der Waals surface area contributed by atoms with Crippen molar-refractivity contribution in [1.29, 1.82) is 0 Å². The maximum atomic E-state index is 11.9. The van der Waals surface area contributed by atoms with Crippen LogP contribution in [0, 0.1) is 0 Å². The number of para-hydroxylation sites is 1. The Hall–Kier alpha value is -3.42. The van der Waals surface area contributed by atoms with Crippen LogP contribution < -0.4 is 9.64 Å². The average molecular weight is 503 g/mol. The molecule has 1 aliphatic rings. The lowest BCUT2D eigenvalue weighted by molar-refractivity contribution is -0.00521. The van der Waals surface area contributed by atoms with Gasteiger partial charge in [0.2, 0.25) is 0 Å². The van der Waals surface area contributed by atoms with E-state index >= 15 is 0 Å². The smallest absolute Gasteiger partial charge is 0.175 e. The van der Waals surface area contributed by atoms with E-state index in [0.29, 0.717) is 4.90 Å². The highest BCUT2D eigenvalue weighted by Gasteiger charge is 2.22. The summed E-state index contributed by atoms with van der Waals surface area (Å²) in [7, 11) is -1.57. The minimum absolute atomic E-state index is 0.204. The molecule has 2 unspecified atom stereocenters. The van der Waals surface area contributed by atoms with Gasteiger partial charge in [-0.05, 0) is 55.3 Å². The molecule has 3 aromatic carbocycles. The van der Waals surface area contributed by atoms with Crippen LogP contribution in [0.5, 0.6) is 5.75 Å². The van der Waals surface area contributed by atoms with E-state index in [2.05, 4.69) is 43.0 Å². The minimum Gasteiger partial charge on any atom is -0.495 e. The Morgan fingerprint density at radius 3 is 2.11 bits per heavy atom. The van der Waals surface area contributed by atoms with Gasteiger partial charge in [-0.25, -0.2) is 8.42 Å². The Morgan fingerprint density at radius 2 is 1.50 bits per heavy atom. The Kier molecular flexibility index (Phi) is 6.45. The summed E-state index contributed by atoms with van der Waals surface area (Å²) in [4.78, 5) is 7.48. The lowest BCUT2D eigenvalue weighted by atomic mass is 9.98. The number of benzene rings is 3. The standard InChI is InChI=1S/C29H30N2O4S/c1-19-17-31(18-20(2)35-19)23-12-8-22(9-13-23)27-16-30-28-25(6-5-7-26(28)29(27)34-3)21-10-14-24(15-11-21)36(4,32)33/h5-16,19-20H,17-18H2,1-4H3. The normalized spacial score (nSPS) is 18.4. The third-order valence-electron chi connectivity index (χ3n) is 6.61. The van der Waals surface area contributed by atoms with Gasteiger partial charge in [-0.1, -0.05) is 36.4 Å². The molecule has 1 saturated heterocycles. The second kappa shape index (κ2) is 9.56. The summed E-state index contributed by atoms with van der Waals surface area (Å²) >= 11 is 0. The number of rotatable bonds is 5. The van der Waals surface area contributed by atoms with Crippen LogP contribution in [0.15, 0.2) is 77.8 Å². The van der Waals surface area contributed by atoms with Gasteiger partial charge >= 0.3 is 0 Å². The average Bonchev–Trinajstić information content (AvgIpc) is 2.86. The van der Waals surface area contributed by atoms with E-state index in [4.69, 9.17) is 14.5 Å². The van der Waals surface area contributed by atoms with Crippen molar-refractivity contribution in [2.24, 2.45) is 0 Å². The summed E-state index contributed by atoms with van der Waals surface area (Å²) in [6.07, 6.45) is 3.47. The van der Waals surface area contributed by atoms with Gasteiger partial charge in [0.25, 0.3) is 0 Å². The zero-order chi connectivity index (χ0) is 25.4. The van der Waals surface area contributed by atoms with Crippen LogP contribution >= 0.6 is 0 Å². The van der Waals surface area contributed by atoms with E-state index in [9.17, 15) is 8.42 Å². The molecule has 1 aromatic heterocycles. The first-order chi connectivity index (χ1) is 17.2. The fourth-order valence-electron chi connectivity index (χ4n) is 4.98. The van der Waals surface area contributed by atoms with Crippen molar-refractivity contribution in [3.05, 3.63) is 72.9 Å². The number of methoxy groups -OCH3 is 1. The van der Waals surface area contributed by atoms with Gasteiger partial charge < -0.3 is 14.4 Å². The molecular weight excluding hydrogens is 472 g/mol. The predicted octanol–water partition coefficient (Wildman–Crippen LogP) is 5.59. The van der Waals surface area contributed by atoms with E-state index in [1.165, 1.54) is 11.9 Å². The van der Waals surface area contributed by atoms with Crippen LogP contribution in [0.1, 0.15) is 13.8 Å². The Bertz CT molecular complexity index is 1490. The Labute approximate surface area is 212 Å². The summed E-state index contributed by atoms with van der Waals surface area (Å²) < 4.78 is 35.5. The van der Waals surface area contributed by atoms with Gasteiger partial charge in [0.1, 0.15) is 5.75 Å². The zero-order valence-electron chi connectivity index (χ0n) is 20.9. The van der Waals surface area contributed by atoms with Crippen LogP contribution in [0.4, 0.5) is 5.69 Å². The van der Waals surface area contributed by atoms with Crippen molar-refractivity contribution in [3.8, 4) is 28.0 Å². The monoisotopic (exact) mass is 502 g/mol. The number of hydrogen-bond donors (Lipinski definition) is 0. The SMILES string of the molecule is COc1c(-c2ccc(N3CC(C)OC(C)C3)cc2)cnc2c(-c3ccc(S(C)(=O)=O)cc3)cccc12. The van der Waals surface area contributed by atoms with Crippen LogP contribution in [0.2, 0.25) is 0 Å². The molecule has 2 heterocycles. The van der Waals surface area contributed by atoms with Crippen LogP contribution in [0.25, 0.3) is 33.2 Å². The van der Waals surface area contributed by atoms with Crippen molar-refractivity contribution < 1.29 is 17.9 Å². The molecule has 5 rings (SSSR count). The molecule has 1 fully saturated rings. The molecule has 2 atom stereocenters. The first-order valence-electron chi connectivity index (χ1n) is 12.0. The summed E-state index contributed by atoms with van der Waals surface area (Å²) in [5, 5.41) is 0.902. The van der Waals surface area contributed by atoms with Gasteiger partial charge in [0.15, 0.2) is 9.84 Å². The lowest BCUT2D eigenvalue weighted by Gasteiger charge is -2.36. The number of ether oxygens (including phenoxy) is 2. The molecule has 0 radical (unpaired) electrons. The molecule has 0 saturated carbocycles. The minimum atomic E-state index is -3.25. The summed E-state index contributed by atoms with van der Waals surface area (Å²) in [6, 6.07) is 21.4. The van der Waals surface area contributed by atoms with E-state index in [1.807, 2.05) is 36.5 Å². The molecule has 0 bridgehead atoms. The number of nitrogens with zero attached hydrogens (tertiary/aromatic N) is 2. The zero-order valence-corrected chi connectivity index (χ0v) is 21.7. The quantitative estimate of drug-likeness (QED) is 0.354. The lowest BCUT2D eigenvalue weighted by Crippen LogP contribution is -2.45.